The second-order valence-corrected chi connectivity index (χ2v) is 7.85. The average molecular weight is 425 g/mol. The molecule has 112 valence electrons. The third-order valence-electron chi connectivity index (χ3n) is 3.53. The third-order valence-corrected chi connectivity index (χ3v) is 6.26. The summed E-state index contributed by atoms with van der Waals surface area (Å²) in [6, 6.07) is 12.1. The van der Waals surface area contributed by atoms with E-state index in [-0.39, 0.29) is 4.90 Å². The largest absolute Gasteiger partial charge is 0.298 e. The van der Waals surface area contributed by atoms with Gasteiger partial charge in [-0.1, -0.05) is 24.3 Å². The molecule has 1 heterocycles. The van der Waals surface area contributed by atoms with Crippen molar-refractivity contribution in [1.82, 2.24) is 3.97 Å². The Kier molecular flexibility index (Phi) is 3.82. The summed E-state index contributed by atoms with van der Waals surface area (Å²) in [4.78, 5) is 11.5. The van der Waals surface area contributed by atoms with Crippen molar-refractivity contribution in [3.8, 4) is 0 Å². The molecule has 0 amide bonds. The molecule has 0 saturated heterocycles. The summed E-state index contributed by atoms with van der Waals surface area (Å²) in [5, 5.41) is 0.662. The lowest BCUT2D eigenvalue weighted by atomic mass is 10.2. The maximum absolute atomic E-state index is 13.0. The number of nitrogens with zero attached hydrogens (tertiary/aromatic N) is 1. The summed E-state index contributed by atoms with van der Waals surface area (Å²) in [7, 11) is -3.75. The van der Waals surface area contributed by atoms with Crippen molar-refractivity contribution < 1.29 is 13.2 Å². The molecule has 22 heavy (non-hydrogen) atoms. The van der Waals surface area contributed by atoms with Gasteiger partial charge in [-0.15, -0.1) is 0 Å². The quantitative estimate of drug-likeness (QED) is 0.476. The Bertz CT molecular complexity index is 990. The van der Waals surface area contributed by atoms with Crippen LogP contribution in [-0.4, -0.2) is 18.7 Å². The van der Waals surface area contributed by atoms with Crippen LogP contribution in [-0.2, 0) is 10.0 Å². The normalized spacial score (nSPS) is 11.7. The number of hydrogen-bond donors (Lipinski definition) is 0. The van der Waals surface area contributed by atoms with Crippen LogP contribution in [0, 0.1) is 10.5 Å². The molecular weight excluding hydrogens is 413 g/mol. The Morgan fingerprint density at radius 2 is 1.82 bits per heavy atom. The SMILES string of the molecule is Cc1ccccc1S(=O)(=O)n1cc(C=O)c2c(I)cccc21. The molecule has 0 aliphatic rings. The molecule has 4 nitrogen and oxygen atoms in total. The van der Waals surface area contributed by atoms with E-state index in [0.29, 0.717) is 28.3 Å². The molecule has 3 aromatic rings. The highest BCUT2D eigenvalue weighted by Crippen LogP contribution is 2.29. The fourth-order valence-electron chi connectivity index (χ4n) is 2.48. The highest BCUT2D eigenvalue weighted by molar-refractivity contribution is 14.1. The second kappa shape index (κ2) is 5.51. The monoisotopic (exact) mass is 425 g/mol. The number of carbonyl (C=O) groups excluding carboxylic acids is 1. The van der Waals surface area contributed by atoms with Gasteiger partial charge in [-0.05, 0) is 53.3 Å². The average Bonchev–Trinajstić information content (AvgIpc) is 2.88. The molecule has 0 fully saturated rings. The molecule has 0 aliphatic carbocycles. The van der Waals surface area contributed by atoms with E-state index in [9.17, 15) is 13.2 Å². The Labute approximate surface area is 142 Å². The van der Waals surface area contributed by atoms with Crippen molar-refractivity contribution in [2.45, 2.75) is 11.8 Å². The number of fused-ring (bicyclic) bond motifs is 1. The first kappa shape index (κ1) is 15.2. The molecule has 0 radical (unpaired) electrons. The lowest BCUT2D eigenvalue weighted by molar-refractivity contribution is 0.112. The van der Waals surface area contributed by atoms with Gasteiger partial charge < -0.3 is 0 Å². The number of aromatic nitrogens is 1. The first-order valence-corrected chi connectivity index (χ1v) is 9.04. The predicted octanol–water partition coefficient (Wildman–Crippen LogP) is 3.60. The van der Waals surface area contributed by atoms with Crippen molar-refractivity contribution >= 4 is 49.8 Å². The molecule has 0 saturated carbocycles. The zero-order chi connectivity index (χ0) is 15.9. The number of aldehydes is 1. The minimum Gasteiger partial charge on any atom is -0.298 e. The lowest BCUT2D eigenvalue weighted by Gasteiger charge is -2.10. The van der Waals surface area contributed by atoms with E-state index in [4.69, 9.17) is 0 Å². The summed E-state index contributed by atoms with van der Waals surface area (Å²) in [5.74, 6) is 0. The Hall–Kier alpha value is -1.67. The van der Waals surface area contributed by atoms with Crippen molar-refractivity contribution in [3.63, 3.8) is 0 Å². The van der Waals surface area contributed by atoms with Gasteiger partial charge in [0.1, 0.15) is 0 Å². The molecule has 2 aromatic carbocycles. The van der Waals surface area contributed by atoms with Crippen LogP contribution in [0.5, 0.6) is 0 Å². The fourth-order valence-corrected chi connectivity index (χ4v) is 4.88. The molecule has 0 bridgehead atoms. The van der Waals surface area contributed by atoms with Gasteiger partial charge in [0.25, 0.3) is 10.0 Å². The number of benzene rings is 2. The molecule has 0 aliphatic heterocycles. The number of aryl methyl sites for hydroxylation is 1. The van der Waals surface area contributed by atoms with Crippen LogP contribution < -0.4 is 0 Å². The molecule has 0 unspecified atom stereocenters. The number of hydrogen-bond acceptors (Lipinski definition) is 3. The third kappa shape index (κ3) is 2.26. The van der Waals surface area contributed by atoms with Crippen LogP contribution in [0.15, 0.2) is 53.6 Å². The summed E-state index contributed by atoms with van der Waals surface area (Å²) >= 11 is 2.10. The van der Waals surface area contributed by atoms with Crippen LogP contribution in [0.1, 0.15) is 15.9 Å². The number of carbonyl (C=O) groups is 1. The van der Waals surface area contributed by atoms with Gasteiger partial charge in [0, 0.05) is 20.7 Å². The highest BCUT2D eigenvalue weighted by Gasteiger charge is 2.23. The maximum atomic E-state index is 13.0. The number of rotatable bonds is 3. The van der Waals surface area contributed by atoms with Gasteiger partial charge in [0.2, 0.25) is 0 Å². The Morgan fingerprint density at radius 3 is 2.50 bits per heavy atom. The zero-order valence-electron chi connectivity index (χ0n) is 11.7. The smallest absolute Gasteiger partial charge is 0.268 e. The second-order valence-electron chi connectivity index (χ2n) is 4.90. The minimum absolute atomic E-state index is 0.239. The molecule has 0 atom stereocenters. The van der Waals surface area contributed by atoms with Crippen molar-refractivity contribution in [2.75, 3.05) is 0 Å². The van der Waals surface area contributed by atoms with Gasteiger partial charge in [-0.2, -0.15) is 0 Å². The molecule has 0 N–H and O–H groups in total. The van der Waals surface area contributed by atoms with Crippen LogP contribution in [0.25, 0.3) is 10.9 Å². The van der Waals surface area contributed by atoms with Crippen LogP contribution in [0.4, 0.5) is 0 Å². The standard InChI is InChI=1S/C16H12INO3S/c1-11-5-2-3-8-15(11)22(20,21)18-9-12(10-19)16-13(17)6-4-7-14(16)18/h2-10H,1H3. The van der Waals surface area contributed by atoms with E-state index in [1.165, 1.54) is 10.2 Å². The van der Waals surface area contributed by atoms with Crippen molar-refractivity contribution in [2.24, 2.45) is 0 Å². The molecule has 3 rings (SSSR count). The van der Waals surface area contributed by atoms with Crippen molar-refractivity contribution in [3.05, 3.63) is 63.4 Å². The number of halogens is 1. The summed E-state index contributed by atoms with van der Waals surface area (Å²) in [6.07, 6.45) is 2.08. The van der Waals surface area contributed by atoms with E-state index in [2.05, 4.69) is 22.6 Å². The molecule has 0 spiro atoms. The van der Waals surface area contributed by atoms with Crippen LogP contribution >= 0.6 is 22.6 Å². The summed E-state index contributed by atoms with van der Waals surface area (Å²) in [5.41, 5.74) is 1.55. The first-order chi connectivity index (χ1) is 10.5. The maximum Gasteiger partial charge on any atom is 0.268 e. The van der Waals surface area contributed by atoms with Crippen LogP contribution in [0.2, 0.25) is 0 Å². The predicted molar refractivity (Wildman–Crippen MR) is 93.8 cm³/mol. The lowest BCUT2D eigenvalue weighted by Crippen LogP contribution is -2.13. The first-order valence-electron chi connectivity index (χ1n) is 6.53. The summed E-state index contributed by atoms with van der Waals surface area (Å²) in [6.45, 7) is 1.75. The van der Waals surface area contributed by atoms with Gasteiger partial charge in [-0.3, -0.25) is 4.79 Å². The van der Waals surface area contributed by atoms with Gasteiger partial charge in [0.15, 0.2) is 6.29 Å². The molecular formula is C16H12INO3S. The topological polar surface area (TPSA) is 56.1 Å². The van der Waals surface area contributed by atoms with Gasteiger partial charge in [-0.25, -0.2) is 12.4 Å². The van der Waals surface area contributed by atoms with Gasteiger partial charge >= 0.3 is 0 Å². The highest BCUT2D eigenvalue weighted by atomic mass is 127. The Morgan fingerprint density at radius 1 is 1.09 bits per heavy atom. The zero-order valence-corrected chi connectivity index (χ0v) is 14.6. The van der Waals surface area contributed by atoms with E-state index in [1.54, 1.807) is 43.3 Å². The van der Waals surface area contributed by atoms with E-state index in [1.807, 2.05) is 6.07 Å². The molecule has 1 aromatic heterocycles. The van der Waals surface area contributed by atoms with Crippen molar-refractivity contribution in [1.29, 1.82) is 0 Å². The van der Waals surface area contributed by atoms with E-state index in [0.717, 1.165) is 3.57 Å². The van der Waals surface area contributed by atoms with Gasteiger partial charge in [0.05, 0.1) is 10.4 Å². The van der Waals surface area contributed by atoms with E-state index >= 15 is 0 Å². The van der Waals surface area contributed by atoms with Crippen LogP contribution in [0.3, 0.4) is 0 Å². The summed E-state index contributed by atoms with van der Waals surface area (Å²) < 4.78 is 27.9. The molecule has 6 heteroatoms. The van der Waals surface area contributed by atoms with E-state index < -0.39 is 10.0 Å². The Balaban J connectivity index is 2.38. The minimum atomic E-state index is -3.75. The fraction of sp³-hybridized carbons (Fsp3) is 0.0625.